The van der Waals surface area contributed by atoms with E-state index in [4.69, 9.17) is 20.8 Å². The molecule has 0 aromatic rings. The summed E-state index contributed by atoms with van der Waals surface area (Å²) in [5.41, 5.74) is 4.96. The van der Waals surface area contributed by atoms with E-state index in [0.717, 1.165) is 19.4 Å². The van der Waals surface area contributed by atoms with Crippen LogP contribution in [0.1, 0.15) is 25.7 Å². The second kappa shape index (κ2) is 5.03. The molecule has 1 saturated carbocycles. The van der Waals surface area contributed by atoms with E-state index in [1.165, 1.54) is 0 Å². The molecule has 1 aliphatic carbocycles. The average Bonchev–Trinajstić information content (AvgIpc) is 2.81. The van der Waals surface area contributed by atoms with Gasteiger partial charge >= 0.3 is 12.7 Å². The van der Waals surface area contributed by atoms with Crippen molar-refractivity contribution < 1.29 is 30.3 Å². The number of hydrogen-bond acceptors (Lipinski definition) is 5. The molecule has 0 bridgehead atoms. The van der Waals surface area contributed by atoms with Gasteiger partial charge in [-0.3, -0.25) is 4.79 Å². The summed E-state index contributed by atoms with van der Waals surface area (Å²) in [4.78, 5) is 11.6. The maximum Gasteiger partial charge on any atom is 0.371 e. The number of fused-ring (bicyclic) bond motifs is 1. The fourth-order valence-electron chi connectivity index (χ4n) is 3.88. The molecule has 8 N–H and O–H groups in total. The molecule has 0 amide bonds. The number of carboxylic acid groups (broad SMARTS) is 1. The molecule has 8 heteroatoms. The molecule has 0 radical (unpaired) electrons. The van der Waals surface area contributed by atoms with E-state index in [1.807, 2.05) is 0 Å². The molecule has 2 fully saturated rings. The quantitative estimate of drug-likeness (QED) is 0.305. The summed E-state index contributed by atoms with van der Waals surface area (Å²) in [6.45, 7) is -2.36. The van der Waals surface area contributed by atoms with Gasteiger partial charge in [0.1, 0.15) is 5.54 Å². The first kappa shape index (κ1) is 14.7. The van der Waals surface area contributed by atoms with Gasteiger partial charge in [-0.25, -0.2) is 0 Å². The fourth-order valence-corrected chi connectivity index (χ4v) is 3.88. The normalized spacial score (nSPS) is 38.4. The number of rotatable bonds is 5. The zero-order valence-electron chi connectivity index (χ0n) is 10.9. The Morgan fingerprint density at radius 3 is 2.68 bits per heavy atom. The summed E-state index contributed by atoms with van der Waals surface area (Å²) >= 11 is 0. The summed E-state index contributed by atoms with van der Waals surface area (Å²) in [6, 6.07) is 0.263. The summed E-state index contributed by atoms with van der Waals surface area (Å²) < 4.78 is 0. The molecule has 0 aromatic carbocycles. The minimum Gasteiger partial charge on any atom is -0.560 e. The molecular weight excluding hydrogens is 251 g/mol. The van der Waals surface area contributed by atoms with Gasteiger partial charge in [-0.2, -0.15) is 0 Å². The molecule has 0 aromatic heterocycles. The van der Waals surface area contributed by atoms with Crippen molar-refractivity contribution >= 4 is 12.7 Å². The largest absolute Gasteiger partial charge is 0.560 e. The van der Waals surface area contributed by atoms with Crippen molar-refractivity contribution in [1.82, 2.24) is 0 Å². The van der Waals surface area contributed by atoms with Crippen LogP contribution in [0, 0.1) is 11.8 Å². The van der Waals surface area contributed by atoms with Crippen molar-refractivity contribution in [2.24, 2.45) is 17.6 Å². The van der Waals surface area contributed by atoms with Crippen molar-refractivity contribution in [3.8, 4) is 0 Å². The van der Waals surface area contributed by atoms with Gasteiger partial charge in [-0.05, 0) is 5.92 Å². The lowest BCUT2D eigenvalue weighted by molar-refractivity contribution is -0.671. The predicted octanol–water partition coefficient (Wildman–Crippen LogP) is -2.56. The third kappa shape index (κ3) is 2.77. The Morgan fingerprint density at radius 1 is 1.42 bits per heavy atom. The van der Waals surface area contributed by atoms with Crippen LogP contribution < -0.4 is 11.1 Å². The van der Waals surface area contributed by atoms with Gasteiger partial charge in [0.2, 0.25) is 0 Å². The Labute approximate surface area is 111 Å². The smallest absolute Gasteiger partial charge is 0.371 e. The summed E-state index contributed by atoms with van der Waals surface area (Å²) in [6.07, 6.45) is 2.29. The van der Waals surface area contributed by atoms with E-state index in [2.05, 4.69) is 5.32 Å². The zero-order valence-corrected chi connectivity index (χ0v) is 10.9. The van der Waals surface area contributed by atoms with Crippen LogP contribution in [0.15, 0.2) is 0 Å². The van der Waals surface area contributed by atoms with Gasteiger partial charge in [0, 0.05) is 18.8 Å². The predicted molar refractivity (Wildman–Crippen MR) is 67.8 cm³/mol. The van der Waals surface area contributed by atoms with Crippen LogP contribution in [0.25, 0.3) is 0 Å². The molecule has 4 atom stereocenters. The van der Waals surface area contributed by atoms with Crippen molar-refractivity contribution in [1.29, 1.82) is 0 Å². The molecule has 110 valence electrons. The topological polar surface area (TPSA) is 141 Å². The number of quaternary nitrogens is 1. The van der Waals surface area contributed by atoms with Gasteiger partial charge in [0.15, 0.2) is 0 Å². The molecule has 7 nitrogen and oxygen atoms in total. The van der Waals surface area contributed by atoms with E-state index < -0.39 is 18.3 Å². The van der Waals surface area contributed by atoms with E-state index in [1.54, 1.807) is 0 Å². The van der Waals surface area contributed by atoms with Crippen LogP contribution in [0.3, 0.4) is 0 Å². The summed E-state index contributed by atoms with van der Waals surface area (Å²) in [5, 5.41) is 38.4. The van der Waals surface area contributed by atoms with Crippen molar-refractivity contribution in [2.45, 2.75) is 43.6 Å². The number of aliphatic carboxylic acids is 1. The number of carboxylic acids is 1. The molecule has 2 aliphatic rings. The highest BCUT2D eigenvalue weighted by molar-refractivity contribution is 6.56. The third-order valence-corrected chi connectivity index (χ3v) is 4.82. The van der Waals surface area contributed by atoms with Crippen LogP contribution >= 0.6 is 0 Å². The standard InChI is InChI=1S/C11H22BN2O5/c13-11(10(15)16)7(2-1-4-12(17,18)19)6-9-8(11)3-5-14-9/h7-9,14,17-19H,1-6,13H2,(H,15,16)/q-1/p+1/t7-,8+,9+,11+/m0/s1. The highest BCUT2D eigenvalue weighted by atomic mass is 16.5. The average molecular weight is 274 g/mol. The van der Waals surface area contributed by atoms with E-state index in [9.17, 15) is 9.90 Å². The maximum absolute atomic E-state index is 11.6. The second-order valence-electron chi connectivity index (χ2n) is 6.08. The van der Waals surface area contributed by atoms with E-state index >= 15 is 0 Å². The van der Waals surface area contributed by atoms with Crippen LogP contribution in [0.4, 0.5) is 0 Å². The van der Waals surface area contributed by atoms with Crippen LogP contribution in [0.5, 0.6) is 0 Å². The summed E-state index contributed by atoms with van der Waals surface area (Å²) in [7, 11) is 0. The lowest BCUT2D eigenvalue weighted by Gasteiger charge is -2.31. The Balaban J connectivity index is 2.01. The molecule has 1 saturated heterocycles. The first-order valence-electron chi connectivity index (χ1n) is 6.93. The minimum absolute atomic E-state index is 0.0114. The first-order chi connectivity index (χ1) is 8.75. The number of nitrogens with two attached hydrogens (primary N) is 2. The van der Waals surface area contributed by atoms with Crippen LogP contribution in [0.2, 0.25) is 6.32 Å². The zero-order chi connectivity index (χ0) is 14.3. The van der Waals surface area contributed by atoms with E-state index in [-0.39, 0.29) is 24.2 Å². The highest BCUT2D eigenvalue weighted by Crippen LogP contribution is 2.43. The first-order valence-corrected chi connectivity index (χ1v) is 6.93. The van der Waals surface area contributed by atoms with Crippen molar-refractivity contribution in [3.05, 3.63) is 0 Å². The maximum atomic E-state index is 11.6. The molecule has 2 rings (SSSR count). The second-order valence-corrected chi connectivity index (χ2v) is 6.08. The van der Waals surface area contributed by atoms with E-state index in [0.29, 0.717) is 12.8 Å². The van der Waals surface area contributed by atoms with Crippen molar-refractivity contribution in [2.75, 3.05) is 6.54 Å². The van der Waals surface area contributed by atoms with Crippen molar-refractivity contribution in [3.63, 3.8) is 0 Å². The highest BCUT2D eigenvalue weighted by Gasteiger charge is 2.60. The van der Waals surface area contributed by atoms with Gasteiger partial charge in [-0.1, -0.05) is 19.2 Å². The Bertz CT molecular complexity index is 361. The van der Waals surface area contributed by atoms with Gasteiger partial charge in [0.25, 0.3) is 0 Å². The lowest BCUT2D eigenvalue weighted by Crippen LogP contribution is -2.87. The molecule has 0 spiro atoms. The molecule has 0 unspecified atom stereocenters. The van der Waals surface area contributed by atoms with Gasteiger partial charge in [-0.15, -0.1) is 0 Å². The third-order valence-electron chi connectivity index (χ3n) is 4.82. The Morgan fingerprint density at radius 2 is 2.11 bits per heavy atom. The number of carbonyl (C=O) groups is 1. The Hall–Kier alpha value is -0.665. The van der Waals surface area contributed by atoms with Gasteiger partial charge < -0.3 is 31.2 Å². The molecular formula is C11H23BN2O5. The molecule has 19 heavy (non-hydrogen) atoms. The monoisotopic (exact) mass is 274 g/mol. The fraction of sp³-hybridized carbons (Fsp3) is 0.909. The minimum atomic E-state index is -3.29. The van der Waals surface area contributed by atoms with Crippen LogP contribution in [-0.4, -0.2) is 51.0 Å². The molecule has 1 heterocycles. The Kier molecular flexibility index (Phi) is 3.90. The number of hydrogen-bond donors (Lipinski definition) is 6. The molecule has 1 aliphatic heterocycles. The lowest BCUT2D eigenvalue weighted by atomic mass is 9.71. The summed E-state index contributed by atoms with van der Waals surface area (Å²) in [5.74, 6) is -1.15. The SMILES string of the molecule is N[C@]1(C(=O)O)[C@@H](CCC[B-](O)(O)O)C[C@H]2[NH2+]CC[C@H]21. The van der Waals surface area contributed by atoms with Gasteiger partial charge in [0.05, 0.1) is 12.6 Å². The van der Waals surface area contributed by atoms with Crippen LogP contribution in [-0.2, 0) is 4.79 Å².